The fourth-order valence-corrected chi connectivity index (χ4v) is 2.56. The number of carbonyl (C=O) groups excluding carboxylic acids is 1. The van der Waals surface area contributed by atoms with Crippen LogP contribution in [0.1, 0.15) is 15.9 Å². The van der Waals surface area contributed by atoms with Crippen molar-refractivity contribution in [2.75, 3.05) is 19.1 Å². The summed E-state index contributed by atoms with van der Waals surface area (Å²) in [5, 5.41) is 0. The summed E-state index contributed by atoms with van der Waals surface area (Å²) in [4.78, 5) is 14.1. The molecule has 0 fully saturated rings. The highest BCUT2D eigenvalue weighted by atomic mass is 79.9. The molecule has 20 heavy (non-hydrogen) atoms. The van der Waals surface area contributed by atoms with Crippen LogP contribution in [0.2, 0.25) is 0 Å². The summed E-state index contributed by atoms with van der Waals surface area (Å²) in [6, 6.07) is 13.1. The van der Waals surface area contributed by atoms with Gasteiger partial charge in [-0.3, -0.25) is 4.79 Å². The summed E-state index contributed by atoms with van der Waals surface area (Å²) >= 11 is 3.44. The number of methoxy groups -OCH3 is 1. The Morgan fingerprint density at radius 2 is 1.80 bits per heavy atom. The van der Waals surface area contributed by atoms with Crippen molar-refractivity contribution in [1.29, 1.82) is 0 Å². The van der Waals surface area contributed by atoms with Crippen molar-refractivity contribution in [3.8, 4) is 5.75 Å². The SMILES string of the molecule is COc1ccc(N(C)C(=O)c2ccc(C)cc2Br)cc1. The first-order chi connectivity index (χ1) is 9.52. The predicted octanol–water partition coefficient (Wildman–Crippen LogP) is 4.04. The Kier molecular flexibility index (Phi) is 4.45. The van der Waals surface area contributed by atoms with Gasteiger partial charge in [0.2, 0.25) is 0 Å². The minimum atomic E-state index is -0.0537. The molecular weight excluding hydrogens is 318 g/mol. The largest absolute Gasteiger partial charge is 0.497 e. The molecule has 0 N–H and O–H groups in total. The van der Waals surface area contributed by atoms with Crippen LogP contribution in [-0.4, -0.2) is 20.1 Å². The zero-order chi connectivity index (χ0) is 14.7. The van der Waals surface area contributed by atoms with Gasteiger partial charge < -0.3 is 9.64 Å². The maximum Gasteiger partial charge on any atom is 0.259 e. The number of carbonyl (C=O) groups is 1. The highest BCUT2D eigenvalue weighted by molar-refractivity contribution is 9.10. The van der Waals surface area contributed by atoms with E-state index in [9.17, 15) is 4.79 Å². The van der Waals surface area contributed by atoms with Crippen LogP contribution >= 0.6 is 15.9 Å². The first-order valence-corrected chi connectivity index (χ1v) is 7.00. The fourth-order valence-electron chi connectivity index (χ4n) is 1.90. The third-order valence-corrected chi connectivity index (χ3v) is 3.78. The molecular formula is C16H16BrNO2. The van der Waals surface area contributed by atoms with Crippen molar-refractivity contribution in [3.63, 3.8) is 0 Å². The van der Waals surface area contributed by atoms with E-state index in [0.717, 1.165) is 21.5 Å². The van der Waals surface area contributed by atoms with E-state index in [4.69, 9.17) is 4.74 Å². The van der Waals surface area contributed by atoms with Crippen molar-refractivity contribution in [2.45, 2.75) is 6.92 Å². The Hall–Kier alpha value is -1.81. The molecule has 0 atom stereocenters. The average molecular weight is 334 g/mol. The molecule has 0 aliphatic rings. The summed E-state index contributed by atoms with van der Waals surface area (Å²) < 4.78 is 5.92. The number of aryl methyl sites for hydroxylation is 1. The van der Waals surface area contributed by atoms with Gasteiger partial charge in [-0.15, -0.1) is 0 Å². The third kappa shape index (κ3) is 3.02. The highest BCUT2D eigenvalue weighted by Crippen LogP contribution is 2.23. The number of ether oxygens (including phenoxy) is 1. The summed E-state index contributed by atoms with van der Waals surface area (Å²) in [6.07, 6.45) is 0. The Labute approximate surface area is 127 Å². The molecule has 0 aromatic heterocycles. The summed E-state index contributed by atoms with van der Waals surface area (Å²) in [6.45, 7) is 1.99. The molecule has 0 heterocycles. The van der Waals surface area contributed by atoms with E-state index in [1.165, 1.54) is 0 Å². The van der Waals surface area contributed by atoms with Gasteiger partial charge >= 0.3 is 0 Å². The van der Waals surface area contributed by atoms with Gasteiger partial charge in [-0.2, -0.15) is 0 Å². The highest BCUT2D eigenvalue weighted by Gasteiger charge is 2.16. The van der Waals surface area contributed by atoms with E-state index >= 15 is 0 Å². The van der Waals surface area contributed by atoms with Gasteiger partial charge in [0.1, 0.15) is 5.75 Å². The maximum absolute atomic E-state index is 12.5. The van der Waals surface area contributed by atoms with Crippen molar-refractivity contribution in [2.24, 2.45) is 0 Å². The lowest BCUT2D eigenvalue weighted by atomic mass is 10.1. The van der Waals surface area contributed by atoms with Crippen LogP contribution in [0.3, 0.4) is 0 Å². The lowest BCUT2D eigenvalue weighted by Crippen LogP contribution is -2.26. The second-order valence-corrected chi connectivity index (χ2v) is 5.40. The van der Waals surface area contributed by atoms with Gasteiger partial charge in [-0.05, 0) is 64.8 Å². The number of hydrogen-bond donors (Lipinski definition) is 0. The van der Waals surface area contributed by atoms with E-state index in [1.54, 1.807) is 19.1 Å². The Balaban J connectivity index is 2.27. The number of benzene rings is 2. The molecule has 104 valence electrons. The van der Waals surface area contributed by atoms with Gasteiger partial charge in [-0.25, -0.2) is 0 Å². The van der Waals surface area contributed by atoms with Crippen molar-refractivity contribution in [1.82, 2.24) is 0 Å². The maximum atomic E-state index is 12.5. The second kappa shape index (κ2) is 6.09. The molecule has 4 heteroatoms. The van der Waals surface area contributed by atoms with Gasteiger partial charge in [0, 0.05) is 17.2 Å². The number of amides is 1. The zero-order valence-electron chi connectivity index (χ0n) is 11.7. The van der Waals surface area contributed by atoms with Gasteiger partial charge in [0.05, 0.1) is 12.7 Å². The predicted molar refractivity (Wildman–Crippen MR) is 84.6 cm³/mol. The Morgan fingerprint density at radius 1 is 1.15 bits per heavy atom. The number of hydrogen-bond acceptors (Lipinski definition) is 2. The average Bonchev–Trinajstić information content (AvgIpc) is 2.46. The first kappa shape index (κ1) is 14.6. The van der Waals surface area contributed by atoms with Crippen LogP contribution in [0.5, 0.6) is 5.75 Å². The van der Waals surface area contributed by atoms with Gasteiger partial charge in [0.15, 0.2) is 0 Å². The first-order valence-electron chi connectivity index (χ1n) is 6.21. The van der Waals surface area contributed by atoms with E-state index < -0.39 is 0 Å². The van der Waals surface area contributed by atoms with Crippen LogP contribution in [0.15, 0.2) is 46.9 Å². The molecule has 2 rings (SSSR count). The van der Waals surface area contributed by atoms with Crippen LogP contribution in [0.25, 0.3) is 0 Å². The van der Waals surface area contributed by atoms with Crippen LogP contribution in [0, 0.1) is 6.92 Å². The molecule has 0 bridgehead atoms. The van der Waals surface area contributed by atoms with Crippen molar-refractivity contribution >= 4 is 27.5 Å². The third-order valence-electron chi connectivity index (χ3n) is 3.12. The Bertz CT molecular complexity index is 623. The second-order valence-electron chi connectivity index (χ2n) is 4.55. The van der Waals surface area contributed by atoms with Crippen molar-refractivity contribution in [3.05, 3.63) is 58.1 Å². The molecule has 0 spiro atoms. The number of anilines is 1. The van der Waals surface area contributed by atoms with E-state index in [-0.39, 0.29) is 5.91 Å². The molecule has 0 aliphatic carbocycles. The van der Waals surface area contributed by atoms with Crippen LogP contribution in [0.4, 0.5) is 5.69 Å². The molecule has 0 aliphatic heterocycles. The minimum Gasteiger partial charge on any atom is -0.497 e. The minimum absolute atomic E-state index is 0.0537. The zero-order valence-corrected chi connectivity index (χ0v) is 13.3. The molecule has 0 unspecified atom stereocenters. The monoisotopic (exact) mass is 333 g/mol. The van der Waals surface area contributed by atoms with E-state index in [0.29, 0.717) is 5.56 Å². The lowest BCUT2D eigenvalue weighted by Gasteiger charge is -2.18. The summed E-state index contributed by atoms with van der Waals surface area (Å²) in [5.74, 6) is 0.716. The van der Waals surface area contributed by atoms with Crippen LogP contribution in [-0.2, 0) is 0 Å². The quantitative estimate of drug-likeness (QED) is 0.848. The number of halogens is 1. The molecule has 0 saturated heterocycles. The topological polar surface area (TPSA) is 29.5 Å². The lowest BCUT2D eigenvalue weighted by molar-refractivity contribution is 0.0992. The summed E-state index contributed by atoms with van der Waals surface area (Å²) in [7, 11) is 3.38. The van der Waals surface area contributed by atoms with Crippen molar-refractivity contribution < 1.29 is 9.53 Å². The molecule has 1 amide bonds. The number of nitrogens with zero attached hydrogens (tertiary/aromatic N) is 1. The normalized spacial score (nSPS) is 10.2. The van der Waals surface area contributed by atoms with Gasteiger partial charge in [-0.1, -0.05) is 6.07 Å². The summed E-state index contributed by atoms with van der Waals surface area (Å²) in [5.41, 5.74) is 2.58. The number of rotatable bonds is 3. The van der Waals surface area contributed by atoms with Gasteiger partial charge in [0.25, 0.3) is 5.91 Å². The molecule has 0 radical (unpaired) electrons. The van der Waals surface area contributed by atoms with E-state index in [2.05, 4.69) is 15.9 Å². The smallest absolute Gasteiger partial charge is 0.259 e. The molecule has 2 aromatic carbocycles. The van der Waals surface area contributed by atoms with Crippen LogP contribution < -0.4 is 9.64 Å². The Morgan fingerprint density at radius 3 is 2.35 bits per heavy atom. The molecule has 3 nitrogen and oxygen atoms in total. The standard InChI is InChI=1S/C16H16BrNO2/c1-11-4-9-14(15(17)10-11)16(19)18(2)12-5-7-13(20-3)8-6-12/h4-10H,1-3H3. The fraction of sp³-hybridized carbons (Fsp3) is 0.188. The molecule has 0 saturated carbocycles. The molecule has 2 aromatic rings. The van der Waals surface area contributed by atoms with E-state index in [1.807, 2.05) is 49.4 Å².